The minimum atomic E-state index is 0.664. The van der Waals surface area contributed by atoms with Crippen LogP contribution in [0.1, 0.15) is 0 Å². The third kappa shape index (κ3) is 4.17. The van der Waals surface area contributed by atoms with Crippen LogP contribution in [0.4, 0.5) is 0 Å². The molecule has 9 aromatic rings. The lowest BCUT2D eigenvalue weighted by molar-refractivity contribution is 1.23. The predicted octanol–water partition coefficient (Wildman–Crippen LogP) is 11.2. The molecule has 2 heterocycles. The molecule has 0 atom stereocenters. The van der Waals surface area contributed by atoms with Crippen molar-refractivity contribution in [1.82, 2.24) is 15.0 Å². The number of fused-ring (bicyclic) bond motifs is 4. The Hall–Kier alpha value is -6.19. The summed E-state index contributed by atoms with van der Waals surface area (Å²) in [6.45, 7) is 0. The van der Waals surface area contributed by atoms with E-state index in [0.717, 1.165) is 60.5 Å². The molecule has 9 rings (SSSR count). The van der Waals surface area contributed by atoms with Gasteiger partial charge < -0.3 is 0 Å². The Morgan fingerprint density at radius 1 is 0.348 bits per heavy atom. The first-order valence-electron chi connectivity index (χ1n) is 15.5. The summed E-state index contributed by atoms with van der Waals surface area (Å²) in [6, 6.07) is 55.4. The van der Waals surface area contributed by atoms with E-state index in [-0.39, 0.29) is 0 Å². The molecule has 0 radical (unpaired) electrons. The van der Waals surface area contributed by atoms with Crippen molar-refractivity contribution < 1.29 is 0 Å². The molecule has 0 unspecified atom stereocenters. The van der Waals surface area contributed by atoms with Crippen molar-refractivity contribution >= 4 is 43.4 Å². The molecule has 3 nitrogen and oxygen atoms in total. The molecule has 2 aromatic heterocycles. The van der Waals surface area contributed by atoms with Crippen LogP contribution in [0.25, 0.3) is 88.2 Å². The summed E-state index contributed by atoms with van der Waals surface area (Å²) in [5.41, 5.74) is 9.47. The highest BCUT2D eigenvalue weighted by Gasteiger charge is 2.21. The Morgan fingerprint density at radius 2 is 0.870 bits per heavy atom. The summed E-state index contributed by atoms with van der Waals surface area (Å²) in [7, 11) is 0. The second kappa shape index (κ2) is 10.8. The summed E-state index contributed by atoms with van der Waals surface area (Å²) in [5.74, 6) is 0.664. The number of rotatable bonds is 4. The van der Waals surface area contributed by atoms with Crippen molar-refractivity contribution in [3.63, 3.8) is 0 Å². The average Bonchev–Trinajstić information content (AvgIpc) is 3.13. The largest absolute Gasteiger partial charge is 0.255 e. The maximum Gasteiger partial charge on any atom is 0.162 e. The lowest BCUT2D eigenvalue weighted by atomic mass is 9.86. The molecule has 0 aliphatic carbocycles. The van der Waals surface area contributed by atoms with E-state index < -0.39 is 0 Å². The van der Waals surface area contributed by atoms with E-state index in [9.17, 15) is 0 Å². The van der Waals surface area contributed by atoms with E-state index >= 15 is 0 Å². The minimum Gasteiger partial charge on any atom is -0.255 e. The van der Waals surface area contributed by atoms with Gasteiger partial charge in [-0.05, 0) is 62.0 Å². The van der Waals surface area contributed by atoms with E-state index in [4.69, 9.17) is 15.0 Å². The summed E-state index contributed by atoms with van der Waals surface area (Å²) in [4.78, 5) is 15.5. The molecule has 0 saturated carbocycles. The van der Waals surface area contributed by atoms with Gasteiger partial charge in [-0.15, -0.1) is 0 Å². The fourth-order valence-electron chi connectivity index (χ4n) is 6.91. The van der Waals surface area contributed by atoms with Crippen molar-refractivity contribution in [3.8, 4) is 44.9 Å². The second-order valence-electron chi connectivity index (χ2n) is 11.5. The molecule has 0 bridgehead atoms. The SMILES string of the molecule is c1ccc(-c2c3ccccc3c(-c3nc(-c4ccc(-c5ccccc5)c5cccnc45)nc4ccccc34)c3ccccc23)cc1. The lowest BCUT2D eigenvalue weighted by Gasteiger charge is -2.19. The lowest BCUT2D eigenvalue weighted by Crippen LogP contribution is -1.99. The minimum absolute atomic E-state index is 0.664. The molecule has 214 valence electrons. The third-order valence-corrected chi connectivity index (χ3v) is 8.93. The van der Waals surface area contributed by atoms with Crippen LogP contribution in [0.15, 0.2) is 164 Å². The van der Waals surface area contributed by atoms with Gasteiger partial charge in [0, 0.05) is 28.1 Å². The van der Waals surface area contributed by atoms with E-state index in [1.807, 2.05) is 24.4 Å². The van der Waals surface area contributed by atoms with Crippen molar-refractivity contribution in [3.05, 3.63) is 164 Å². The fraction of sp³-hybridized carbons (Fsp3) is 0. The number of aromatic nitrogens is 3. The Balaban J connectivity index is 1.38. The van der Waals surface area contributed by atoms with Gasteiger partial charge in [0.15, 0.2) is 5.82 Å². The van der Waals surface area contributed by atoms with Crippen LogP contribution >= 0.6 is 0 Å². The zero-order chi connectivity index (χ0) is 30.5. The summed E-state index contributed by atoms with van der Waals surface area (Å²) >= 11 is 0. The normalized spacial score (nSPS) is 11.5. The van der Waals surface area contributed by atoms with Crippen LogP contribution < -0.4 is 0 Å². The van der Waals surface area contributed by atoms with Gasteiger partial charge in [0.05, 0.1) is 16.7 Å². The number of para-hydroxylation sites is 1. The van der Waals surface area contributed by atoms with E-state index in [1.54, 1.807) is 0 Å². The summed E-state index contributed by atoms with van der Waals surface area (Å²) < 4.78 is 0. The number of hydrogen-bond acceptors (Lipinski definition) is 3. The topological polar surface area (TPSA) is 38.7 Å². The molecule has 0 N–H and O–H groups in total. The summed E-state index contributed by atoms with van der Waals surface area (Å²) in [5, 5.41) is 6.83. The molecule has 3 heteroatoms. The van der Waals surface area contributed by atoms with Gasteiger partial charge in [0.25, 0.3) is 0 Å². The standard InChI is InChI=1S/C43H27N3/c1-3-14-28(15-4-1)30-25-26-37(41-35(30)23-13-27-44-41)43-45-38-24-12-11-22-36(38)42(46-43)40-33-20-9-7-18-31(33)39(29-16-5-2-6-17-29)32-19-8-10-21-34(32)40/h1-27H. The maximum absolute atomic E-state index is 5.45. The van der Waals surface area contributed by atoms with Crippen LogP contribution in [0.2, 0.25) is 0 Å². The van der Waals surface area contributed by atoms with Gasteiger partial charge in [-0.3, -0.25) is 4.98 Å². The van der Waals surface area contributed by atoms with Crippen LogP contribution in [-0.2, 0) is 0 Å². The monoisotopic (exact) mass is 585 g/mol. The van der Waals surface area contributed by atoms with Gasteiger partial charge in [-0.25, -0.2) is 9.97 Å². The number of benzene rings is 7. The Kier molecular flexibility index (Phi) is 6.14. The molecule has 0 aliphatic heterocycles. The number of hydrogen-bond donors (Lipinski definition) is 0. The fourth-order valence-corrected chi connectivity index (χ4v) is 6.91. The van der Waals surface area contributed by atoms with Gasteiger partial charge >= 0.3 is 0 Å². The first-order chi connectivity index (χ1) is 22.8. The first-order valence-corrected chi connectivity index (χ1v) is 15.5. The molecule has 0 aliphatic rings. The molecule has 0 saturated heterocycles. The molecule has 46 heavy (non-hydrogen) atoms. The van der Waals surface area contributed by atoms with E-state index in [0.29, 0.717) is 5.82 Å². The third-order valence-electron chi connectivity index (χ3n) is 8.93. The van der Waals surface area contributed by atoms with Gasteiger partial charge in [0.1, 0.15) is 0 Å². The highest BCUT2D eigenvalue weighted by Crippen LogP contribution is 2.45. The predicted molar refractivity (Wildman–Crippen MR) is 192 cm³/mol. The van der Waals surface area contributed by atoms with E-state index in [2.05, 4.69) is 140 Å². The second-order valence-corrected chi connectivity index (χ2v) is 11.5. The molecule has 7 aromatic carbocycles. The molecule has 0 fully saturated rings. The average molecular weight is 586 g/mol. The van der Waals surface area contributed by atoms with Crippen LogP contribution in [0, 0.1) is 0 Å². The quantitative estimate of drug-likeness (QED) is 0.193. The zero-order valence-electron chi connectivity index (χ0n) is 24.9. The van der Waals surface area contributed by atoms with Crippen LogP contribution in [0.5, 0.6) is 0 Å². The Labute approximate surface area is 266 Å². The molecule has 0 spiro atoms. The number of pyridine rings is 1. The van der Waals surface area contributed by atoms with Crippen molar-refractivity contribution in [2.45, 2.75) is 0 Å². The van der Waals surface area contributed by atoms with Crippen LogP contribution in [0.3, 0.4) is 0 Å². The Bertz CT molecular complexity index is 2520. The smallest absolute Gasteiger partial charge is 0.162 e. The van der Waals surface area contributed by atoms with Crippen LogP contribution in [-0.4, -0.2) is 15.0 Å². The molecule has 0 amide bonds. The zero-order valence-corrected chi connectivity index (χ0v) is 24.9. The van der Waals surface area contributed by atoms with Crippen molar-refractivity contribution in [2.24, 2.45) is 0 Å². The van der Waals surface area contributed by atoms with Gasteiger partial charge in [-0.1, -0.05) is 140 Å². The first kappa shape index (κ1) is 26.2. The van der Waals surface area contributed by atoms with Crippen molar-refractivity contribution in [1.29, 1.82) is 0 Å². The summed E-state index contributed by atoms with van der Waals surface area (Å²) in [6.07, 6.45) is 1.85. The van der Waals surface area contributed by atoms with Gasteiger partial charge in [-0.2, -0.15) is 0 Å². The highest BCUT2D eigenvalue weighted by atomic mass is 14.9. The number of nitrogens with zero attached hydrogens (tertiary/aromatic N) is 3. The van der Waals surface area contributed by atoms with E-state index in [1.165, 1.54) is 21.9 Å². The molecular weight excluding hydrogens is 558 g/mol. The highest BCUT2D eigenvalue weighted by molar-refractivity contribution is 6.23. The maximum atomic E-state index is 5.45. The van der Waals surface area contributed by atoms with Gasteiger partial charge in [0.2, 0.25) is 0 Å². The molecular formula is C43H27N3. The van der Waals surface area contributed by atoms with Crippen molar-refractivity contribution in [2.75, 3.05) is 0 Å². The Morgan fingerprint density at radius 3 is 1.54 bits per heavy atom.